The Labute approximate surface area is 167 Å². The number of carbonyl (C=O) groups excluding carboxylic acids is 1. The third kappa shape index (κ3) is 5.79. The third-order valence-corrected chi connectivity index (χ3v) is 4.64. The Hall–Kier alpha value is -2.92. The molecule has 0 aliphatic rings. The fourth-order valence-corrected chi connectivity index (χ4v) is 2.89. The highest BCUT2D eigenvalue weighted by Crippen LogP contribution is 2.22. The number of anilines is 1. The van der Waals surface area contributed by atoms with E-state index < -0.39 is 5.54 Å². The van der Waals surface area contributed by atoms with E-state index in [9.17, 15) is 4.79 Å². The standard InChI is InChI=1S/C23H29N3O2/c1-18(27)15-16-28-25-22(20-11-13-21(14-12-20)26(4)5)23(2,24-3)17-19-9-7-6-8-10-19/h6-16,24H,17H2,1-5H3/b16-15-,25-22-. The second-order valence-corrected chi connectivity index (χ2v) is 7.14. The number of carbonyl (C=O) groups is 1. The van der Waals surface area contributed by atoms with E-state index in [1.807, 2.05) is 56.4 Å². The number of rotatable bonds is 9. The van der Waals surface area contributed by atoms with Gasteiger partial charge in [-0.2, -0.15) is 0 Å². The topological polar surface area (TPSA) is 53.9 Å². The lowest BCUT2D eigenvalue weighted by Crippen LogP contribution is -2.50. The summed E-state index contributed by atoms with van der Waals surface area (Å²) in [4.78, 5) is 18.5. The van der Waals surface area contributed by atoms with Crippen LogP contribution in [-0.2, 0) is 16.1 Å². The number of benzene rings is 2. The summed E-state index contributed by atoms with van der Waals surface area (Å²) in [6, 6.07) is 18.4. The van der Waals surface area contributed by atoms with Gasteiger partial charge in [0.25, 0.3) is 0 Å². The van der Waals surface area contributed by atoms with Crippen LogP contribution in [0.3, 0.4) is 0 Å². The van der Waals surface area contributed by atoms with Crippen molar-refractivity contribution in [2.75, 3.05) is 26.0 Å². The van der Waals surface area contributed by atoms with E-state index in [4.69, 9.17) is 4.84 Å². The SMILES string of the molecule is CNC(C)(Cc1ccccc1)/C(=N\O/C=C\C(C)=O)c1ccc(N(C)C)cc1. The van der Waals surface area contributed by atoms with Gasteiger partial charge in [-0.3, -0.25) is 4.79 Å². The molecule has 0 spiro atoms. The van der Waals surface area contributed by atoms with Gasteiger partial charge < -0.3 is 15.1 Å². The van der Waals surface area contributed by atoms with Crippen molar-refractivity contribution in [1.29, 1.82) is 0 Å². The summed E-state index contributed by atoms with van der Waals surface area (Å²) in [5, 5.41) is 7.78. The van der Waals surface area contributed by atoms with Gasteiger partial charge in [0.1, 0.15) is 12.0 Å². The Balaban J connectivity index is 2.42. The molecule has 2 rings (SSSR count). The summed E-state index contributed by atoms with van der Waals surface area (Å²) in [5.74, 6) is -0.0900. The van der Waals surface area contributed by atoms with Crippen LogP contribution in [0.15, 0.2) is 72.1 Å². The van der Waals surface area contributed by atoms with Crippen molar-refractivity contribution < 1.29 is 9.63 Å². The number of allylic oxidation sites excluding steroid dienone is 1. The molecule has 0 heterocycles. The molecule has 1 atom stereocenters. The molecule has 5 heteroatoms. The molecule has 28 heavy (non-hydrogen) atoms. The van der Waals surface area contributed by atoms with Crippen molar-refractivity contribution in [3.8, 4) is 0 Å². The number of ketones is 1. The van der Waals surface area contributed by atoms with Gasteiger partial charge in [0.2, 0.25) is 0 Å². The molecule has 0 radical (unpaired) electrons. The molecule has 0 bridgehead atoms. The molecule has 0 saturated carbocycles. The first-order valence-corrected chi connectivity index (χ1v) is 9.28. The predicted octanol–water partition coefficient (Wildman–Crippen LogP) is 3.80. The van der Waals surface area contributed by atoms with Crippen LogP contribution >= 0.6 is 0 Å². The van der Waals surface area contributed by atoms with Crippen LogP contribution in [0, 0.1) is 0 Å². The van der Waals surface area contributed by atoms with Crippen LogP contribution in [0.5, 0.6) is 0 Å². The van der Waals surface area contributed by atoms with E-state index in [-0.39, 0.29) is 5.78 Å². The van der Waals surface area contributed by atoms with Gasteiger partial charge in [0.05, 0.1) is 5.54 Å². The molecular formula is C23H29N3O2. The van der Waals surface area contributed by atoms with Gasteiger partial charge in [-0.15, -0.1) is 0 Å². The van der Waals surface area contributed by atoms with E-state index in [2.05, 4.69) is 41.7 Å². The highest BCUT2D eigenvalue weighted by molar-refractivity contribution is 6.07. The highest BCUT2D eigenvalue weighted by atomic mass is 16.6. The third-order valence-electron chi connectivity index (χ3n) is 4.64. The average Bonchev–Trinajstić information content (AvgIpc) is 2.68. The fourth-order valence-electron chi connectivity index (χ4n) is 2.89. The molecule has 1 unspecified atom stereocenters. The average molecular weight is 380 g/mol. The maximum absolute atomic E-state index is 11.1. The zero-order chi connectivity index (χ0) is 20.6. The van der Waals surface area contributed by atoms with Gasteiger partial charge >= 0.3 is 0 Å². The summed E-state index contributed by atoms with van der Waals surface area (Å²) in [7, 11) is 5.93. The van der Waals surface area contributed by atoms with Gasteiger partial charge in [-0.25, -0.2) is 0 Å². The molecule has 1 N–H and O–H groups in total. The van der Waals surface area contributed by atoms with E-state index in [0.29, 0.717) is 0 Å². The minimum atomic E-state index is -0.467. The highest BCUT2D eigenvalue weighted by Gasteiger charge is 2.31. The molecule has 5 nitrogen and oxygen atoms in total. The Morgan fingerprint density at radius 2 is 1.79 bits per heavy atom. The number of nitrogens with zero attached hydrogens (tertiary/aromatic N) is 2. The largest absolute Gasteiger partial charge is 0.378 e. The van der Waals surface area contributed by atoms with Crippen LogP contribution in [0.4, 0.5) is 5.69 Å². The van der Waals surface area contributed by atoms with Gasteiger partial charge in [-0.05, 0) is 45.0 Å². The molecule has 0 saturated heterocycles. The lowest BCUT2D eigenvalue weighted by atomic mass is 9.84. The van der Waals surface area contributed by atoms with Crippen LogP contribution in [0.1, 0.15) is 25.0 Å². The van der Waals surface area contributed by atoms with Crippen LogP contribution in [-0.4, -0.2) is 38.2 Å². The van der Waals surface area contributed by atoms with Gasteiger partial charge in [0, 0.05) is 31.4 Å². The van der Waals surface area contributed by atoms with E-state index in [0.717, 1.165) is 23.4 Å². The van der Waals surface area contributed by atoms with Crippen molar-refractivity contribution in [2.45, 2.75) is 25.8 Å². The Morgan fingerprint density at radius 3 is 2.32 bits per heavy atom. The first-order chi connectivity index (χ1) is 13.4. The molecule has 0 aromatic heterocycles. The second-order valence-electron chi connectivity index (χ2n) is 7.14. The van der Waals surface area contributed by atoms with Crippen LogP contribution in [0.25, 0.3) is 0 Å². The number of nitrogens with one attached hydrogen (secondary N) is 1. The van der Waals surface area contributed by atoms with Gasteiger partial charge in [-0.1, -0.05) is 47.6 Å². The van der Waals surface area contributed by atoms with Crippen molar-refractivity contribution in [3.05, 3.63) is 78.1 Å². The van der Waals surface area contributed by atoms with Gasteiger partial charge in [0.15, 0.2) is 5.78 Å². The van der Waals surface area contributed by atoms with E-state index >= 15 is 0 Å². The minimum absolute atomic E-state index is 0.0900. The molecule has 2 aromatic carbocycles. The molecule has 0 aliphatic heterocycles. The molecule has 0 fully saturated rings. The molecular weight excluding hydrogens is 350 g/mol. The fraction of sp³-hybridized carbons (Fsp3) is 0.304. The van der Waals surface area contributed by atoms with Crippen molar-refractivity contribution >= 4 is 17.2 Å². The zero-order valence-electron chi connectivity index (χ0n) is 17.3. The smallest absolute Gasteiger partial charge is 0.155 e. The number of hydrogen-bond acceptors (Lipinski definition) is 5. The van der Waals surface area contributed by atoms with E-state index in [1.165, 1.54) is 24.8 Å². The van der Waals surface area contributed by atoms with Crippen molar-refractivity contribution in [1.82, 2.24) is 5.32 Å². The monoisotopic (exact) mass is 379 g/mol. The van der Waals surface area contributed by atoms with Crippen molar-refractivity contribution in [2.24, 2.45) is 5.16 Å². The Bertz CT molecular complexity index is 827. The summed E-state index contributed by atoms with van der Waals surface area (Å²) >= 11 is 0. The molecule has 0 aliphatic carbocycles. The predicted molar refractivity (Wildman–Crippen MR) is 116 cm³/mol. The quantitative estimate of drug-likeness (QED) is 0.312. The maximum atomic E-state index is 11.1. The second kappa shape index (κ2) is 9.85. The summed E-state index contributed by atoms with van der Waals surface area (Å²) in [5.41, 5.74) is 3.54. The normalized spacial score (nSPS) is 14.0. The molecule has 148 valence electrons. The first-order valence-electron chi connectivity index (χ1n) is 9.28. The summed E-state index contributed by atoms with van der Waals surface area (Å²) < 4.78 is 0. The number of likely N-dealkylation sites (N-methyl/N-ethyl adjacent to an activating group) is 1. The summed E-state index contributed by atoms with van der Waals surface area (Å²) in [6.07, 6.45) is 3.40. The number of hydrogen-bond donors (Lipinski definition) is 1. The molecule has 2 aromatic rings. The number of oxime groups is 1. The van der Waals surface area contributed by atoms with Crippen molar-refractivity contribution in [3.63, 3.8) is 0 Å². The lowest BCUT2D eigenvalue weighted by molar-refractivity contribution is -0.112. The maximum Gasteiger partial charge on any atom is 0.155 e. The Kier molecular flexibility index (Phi) is 7.52. The zero-order valence-corrected chi connectivity index (χ0v) is 17.3. The van der Waals surface area contributed by atoms with Crippen LogP contribution < -0.4 is 10.2 Å². The van der Waals surface area contributed by atoms with Crippen LogP contribution in [0.2, 0.25) is 0 Å². The van der Waals surface area contributed by atoms with E-state index in [1.54, 1.807) is 0 Å². The Morgan fingerprint density at radius 1 is 1.14 bits per heavy atom. The minimum Gasteiger partial charge on any atom is -0.378 e. The molecule has 0 amide bonds. The first kappa shape index (κ1) is 21.4. The summed E-state index contributed by atoms with van der Waals surface area (Å²) in [6.45, 7) is 3.56. The lowest BCUT2D eigenvalue weighted by Gasteiger charge is -2.31.